The zero-order valence-corrected chi connectivity index (χ0v) is 18.8. The number of rotatable bonds is 6. The van der Waals surface area contributed by atoms with E-state index in [1.54, 1.807) is 12.1 Å². The minimum atomic E-state index is -4.02. The van der Waals surface area contributed by atoms with Crippen molar-refractivity contribution in [2.24, 2.45) is 10.9 Å². The molecule has 3 N–H and O–H groups in total. The number of nitrogens with two attached hydrogens (primary N) is 1. The molecule has 3 aromatic rings. The Hall–Kier alpha value is -3.00. The summed E-state index contributed by atoms with van der Waals surface area (Å²) in [4.78, 5) is 5.47. The lowest BCUT2D eigenvalue weighted by molar-refractivity contribution is 0.0659. The molecule has 1 aliphatic rings. The summed E-state index contributed by atoms with van der Waals surface area (Å²) >= 11 is 0. The van der Waals surface area contributed by atoms with Crippen molar-refractivity contribution in [1.82, 2.24) is 0 Å². The Labute approximate surface area is 189 Å². The van der Waals surface area contributed by atoms with E-state index >= 15 is 0 Å². The second kappa shape index (κ2) is 11.0. The smallest absolute Gasteiger partial charge is 0.294 e. The molecule has 1 aliphatic heterocycles. The van der Waals surface area contributed by atoms with Gasteiger partial charge in [0.05, 0.1) is 10.6 Å². The van der Waals surface area contributed by atoms with Crippen LogP contribution in [0.4, 0.5) is 0 Å². The third-order valence-corrected chi connectivity index (χ3v) is 5.98. The third kappa shape index (κ3) is 7.30. The zero-order chi connectivity index (χ0) is 23.0. The van der Waals surface area contributed by atoms with E-state index in [1.807, 2.05) is 43.3 Å². The van der Waals surface area contributed by atoms with Crippen LogP contribution in [0.25, 0.3) is 0 Å². The van der Waals surface area contributed by atoms with Crippen LogP contribution in [-0.4, -0.2) is 30.8 Å². The van der Waals surface area contributed by atoms with Gasteiger partial charge in [-0.05, 0) is 36.6 Å². The number of oxime groups is 1. The van der Waals surface area contributed by atoms with Gasteiger partial charge in [-0.25, -0.2) is 0 Å². The maximum Gasteiger partial charge on any atom is 0.294 e. The molecule has 0 spiro atoms. The first kappa shape index (κ1) is 23.7. The molecule has 0 saturated carbocycles. The quantitative estimate of drug-likeness (QED) is 0.546. The van der Waals surface area contributed by atoms with Crippen LogP contribution in [0.3, 0.4) is 0 Å². The standard InChI is InChI=1S/C18H20N2O.C7H8O3S/c19-17(12-15-9-5-2-6-10-15)18-13-16(20-21-18)11-14-7-3-1-4-8-14;1-6-2-4-7(5-3-6)11(8,9)10/h1-10,17-18H,11-13,19H2;2-5H,1H3,(H,8,9,10). The maximum atomic E-state index is 10.5. The Morgan fingerprint density at radius 3 is 2.09 bits per heavy atom. The van der Waals surface area contributed by atoms with Gasteiger partial charge in [0.2, 0.25) is 0 Å². The van der Waals surface area contributed by atoms with Crippen molar-refractivity contribution in [1.29, 1.82) is 0 Å². The molecule has 7 heteroatoms. The van der Waals surface area contributed by atoms with Crippen LogP contribution in [0.1, 0.15) is 23.1 Å². The average molecular weight is 453 g/mol. The Bertz CT molecular complexity index is 1120. The zero-order valence-electron chi connectivity index (χ0n) is 18.0. The average Bonchev–Trinajstić information content (AvgIpc) is 3.24. The molecule has 1 heterocycles. The number of nitrogens with zero attached hydrogens (tertiary/aromatic N) is 1. The fourth-order valence-corrected chi connectivity index (χ4v) is 3.82. The first-order valence-electron chi connectivity index (χ1n) is 10.4. The maximum absolute atomic E-state index is 10.5. The molecule has 0 aromatic heterocycles. The van der Waals surface area contributed by atoms with E-state index < -0.39 is 10.1 Å². The van der Waals surface area contributed by atoms with Crippen LogP contribution < -0.4 is 5.73 Å². The summed E-state index contributed by atoms with van der Waals surface area (Å²) in [6.45, 7) is 1.84. The van der Waals surface area contributed by atoms with E-state index in [2.05, 4.69) is 29.4 Å². The Morgan fingerprint density at radius 1 is 0.969 bits per heavy atom. The van der Waals surface area contributed by atoms with Crippen molar-refractivity contribution < 1.29 is 17.8 Å². The molecule has 32 heavy (non-hydrogen) atoms. The minimum Gasteiger partial charge on any atom is -0.390 e. The lowest BCUT2D eigenvalue weighted by Gasteiger charge is -2.17. The van der Waals surface area contributed by atoms with Gasteiger partial charge >= 0.3 is 0 Å². The summed E-state index contributed by atoms with van der Waals surface area (Å²) in [6.07, 6.45) is 2.47. The number of hydrogen-bond donors (Lipinski definition) is 2. The van der Waals surface area contributed by atoms with Gasteiger partial charge in [0.15, 0.2) is 0 Å². The normalized spacial score (nSPS) is 16.3. The first-order chi connectivity index (χ1) is 15.3. The van der Waals surface area contributed by atoms with Crippen LogP contribution in [0.2, 0.25) is 0 Å². The second-order valence-corrected chi connectivity index (χ2v) is 9.23. The summed E-state index contributed by atoms with van der Waals surface area (Å²) in [6, 6.07) is 26.6. The minimum absolute atomic E-state index is 0.0103. The molecule has 0 amide bonds. The molecule has 2 unspecified atom stereocenters. The molecule has 0 radical (unpaired) electrons. The lowest BCUT2D eigenvalue weighted by Crippen LogP contribution is -2.36. The van der Waals surface area contributed by atoms with Crippen molar-refractivity contribution in [3.63, 3.8) is 0 Å². The summed E-state index contributed by atoms with van der Waals surface area (Å²) in [5.74, 6) is 0. The molecule has 0 aliphatic carbocycles. The van der Waals surface area contributed by atoms with Gasteiger partial charge in [-0.3, -0.25) is 4.55 Å². The highest BCUT2D eigenvalue weighted by Crippen LogP contribution is 2.18. The highest BCUT2D eigenvalue weighted by molar-refractivity contribution is 7.85. The number of hydrogen-bond acceptors (Lipinski definition) is 5. The van der Waals surface area contributed by atoms with E-state index in [4.69, 9.17) is 15.1 Å². The van der Waals surface area contributed by atoms with Gasteiger partial charge in [-0.1, -0.05) is 83.5 Å². The van der Waals surface area contributed by atoms with Gasteiger partial charge < -0.3 is 10.6 Å². The van der Waals surface area contributed by atoms with E-state index in [0.717, 1.165) is 30.5 Å². The van der Waals surface area contributed by atoms with E-state index in [9.17, 15) is 8.42 Å². The first-order valence-corrected chi connectivity index (χ1v) is 11.8. The molecule has 0 bridgehead atoms. The summed E-state index contributed by atoms with van der Waals surface area (Å²) in [5.41, 5.74) is 10.8. The Balaban J connectivity index is 0.000000222. The van der Waals surface area contributed by atoms with E-state index in [-0.39, 0.29) is 17.0 Å². The molecule has 6 nitrogen and oxygen atoms in total. The topological polar surface area (TPSA) is 102 Å². The molecule has 0 saturated heterocycles. The fourth-order valence-electron chi connectivity index (χ4n) is 3.34. The van der Waals surface area contributed by atoms with E-state index in [1.165, 1.54) is 23.3 Å². The fraction of sp³-hybridized carbons (Fsp3) is 0.240. The van der Waals surface area contributed by atoms with Crippen LogP contribution >= 0.6 is 0 Å². The monoisotopic (exact) mass is 452 g/mol. The van der Waals surface area contributed by atoms with Gasteiger partial charge in [-0.2, -0.15) is 8.42 Å². The molecule has 3 aromatic carbocycles. The number of benzene rings is 3. The van der Waals surface area contributed by atoms with Crippen molar-refractivity contribution in [3.8, 4) is 0 Å². The molecule has 168 valence electrons. The van der Waals surface area contributed by atoms with Gasteiger partial charge in [0.1, 0.15) is 6.10 Å². The lowest BCUT2D eigenvalue weighted by atomic mass is 9.97. The third-order valence-electron chi connectivity index (χ3n) is 5.12. The van der Waals surface area contributed by atoms with Crippen LogP contribution in [0.5, 0.6) is 0 Å². The van der Waals surface area contributed by atoms with Gasteiger partial charge in [-0.15, -0.1) is 0 Å². The largest absolute Gasteiger partial charge is 0.390 e. The van der Waals surface area contributed by atoms with Crippen LogP contribution in [0.15, 0.2) is 95.0 Å². The highest BCUT2D eigenvalue weighted by atomic mass is 32.2. The SMILES string of the molecule is Cc1ccc(S(=O)(=O)O)cc1.NC(Cc1ccccc1)C1CC(Cc2ccccc2)=NO1. The summed E-state index contributed by atoms with van der Waals surface area (Å²) in [7, 11) is -4.02. The molecular weight excluding hydrogens is 424 g/mol. The van der Waals surface area contributed by atoms with Gasteiger partial charge in [0.25, 0.3) is 10.1 Å². The molecule has 0 fully saturated rings. The van der Waals surface area contributed by atoms with E-state index in [0.29, 0.717) is 0 Å². The summed E-state index contributed by atoms with van der Waals surface area (Å²) < 4.78 is 29.6. The van der Waals surface area contributed by atoms with Crippen molar-refractivity contribution in [2.45, 2.75) is 43.2 Å². The molecule has 2 atom stereocenters. The van der Waals surface area contributed by atoms with Crippen LogP contribution in [0, 0.1) is 6.92 Å². The summed E-state index contributed by atoms with van der Waals surface area (Å²) in [5, 5.41) is 4.21. The Kier molecular flexibility index (Phi) is 8.16. The second-order valence-electron chi connectivity index (χ2n) is 7.81. The predicted molar refractivity (Wildman–Crippen MR) is 126 cm³/mol. The van der Waals surface area contributed by atoms with Crippen molar-refractivity contribution in [3.05, 3.63) is 102 Å². The Morgan fingerprint density at radius 2 is 1.53 bits per heavy atom. The predicted octanol–water partition coefficient (Wildman–Crippen LogP) is 4.19. The van der Waals surface area contributed by atoms with Gasteiger partial charge in [0, 0.05) is 18.9 Å². The number of aryl methyl sites for hydroxylation is 1. The van der Waals surface area contributed by atoms with Crippen molar-refractivity contribution >= 4 is 15.8 Å². The molecule has 4 rings (SSSR count). The van der Waals surface area contributed by atoms with Crippen LogP contribution in [-0.2, 0) is 27.8 Å². The van der Waals surface area contributed by atoms with Crippen molar-refractivity contribution in [2.75, 3.05) is 0 Å². The highest BCUT2D eigenvalue weighted by Gasteiger charge is 2.27. The molecular formula is C25H28N2O4S.